The van der Waals surface area contributed by atoms with Gasteiger partial charge >= 0.3 is 17.1 Å². The van der Waals surface area contributed by atoms with Crippen molar-refractivity contribution in [3.8, 4) is 0 Å². The second-order valence-corrected chi connectivity index (χ2v) is 8.55. The van der Waals surface area contributed by atoms with Crippen LogP contribution in [0.25, 0.3) is 0 Å². The van der Waals surface area contributed by atoms with Crippen molar-refractivity contribution in [2.45, 2.75) is 70.0 Å². The molecule has 0 aromatic heterocycles. The Morgan fingerprint density at radius 2 is 1.52 bits per heavy atom. The van der Waals surface area contributed by atoms with E-state index in [0.29, 0.717) is 12.1 Å². The zero-order valence-electron chi connectivity index (χ0n) is 18.1. The second-order valence-electron chi connectivity index (χ2n) is 8.55. The van der Waals surface area contributed by atoms with E-state index in [9.17, 15) is 5.11 Å². The molecule has 0 saturated carbocycles. The van der Waals surface area contributed by atoms with Crippen molar-refractivity contribution in [1.82, 2.24) is 5.32 Å². The van der Waals surface area contributed by atoms with Gasteiger partial charge in [-0.2, -0.15) is 18.2 Å². The van der Waals surface area contributed by atoms with E-state index >= 15 is 0 Å². The van der Waals surface area contributed by atoms with Crippen LogP contribution in [0.3, 0.4) is 0 Å². The Kier molecular flexibility index (Phi) is 7.43. The number of hydrogen-bond acceptors (Lipinski definition) is 7. The SMILES string of the molecule is CC1(C)O[C@H]2[C@@H](O1)[C@@H](CNC([O-])=C1C=CC=C1)O[C@@H]1OC(C)(C)O[C@@H]12.[Fe+2].c1cc[cH-]c1. The minimum Gasteiger partial charge on any atom is -0.860 e. The van der Waals surface area contributed by atoms with Crippen molar-refractivity contribution in [1.29, 1.82) is 0 Å². The predicted octanol–water partition coefficient (Wildman–Crippen LogP) is 2.07. The van der Waals surface area contributed by atoms with E-state index in [1.54, 1.807) is 12.2 Å². The number of nitrogens with one attached hydrogen (secondary N) is 1. The van der Waals surface area contributed by atoms with Gasteiger partial charge in [0.15, 0.2) is 17.9 Å². The van der Waals surface area contributed by atoms with Gasteiger partial charge in [-0.05, 0) is 39.2 Å². The van der Waals surface area contributed by atoms with E-state index in [-0.39, 0.29) is 47.4 Å². The van der Waals surface area contributed by atoms with E-state index in [1.165, 1.54) is 0 Å². The van der Waals surface area contributed by atoms with Crippen LogP contribution in [0.4, 0.5) is 0 Å². The van der Waals surface area contributed by atoms with Gasteiger partial charge in [-0.25, -0.2) is 12.1 Å². The van der Waals surface area contributed by atoms with Crippen LogP contribution >= 0.6 is 0 Å². The zero-order valence-corrected chi connectivity index (χ0v) is 19.2. The summed E-state index contributed by atoms with van der Waals surface area (Å²) in [5.74, 6) is -1.63. The Morgan fingerprint density at radius 3 is 2.13 bits per heavy atom. The molecule has 31 heavy (non-hydrogen) atoms. The Hall–Kier alpha value is -1.51. The third-order valence-electron chi connectivity index (χ3n) is 5.20. The van der Waals surface area contributed by atoms with E-state index < -0.39 is 17.9 Å². The third kappa shape index (κ3) is 5.65. The number of allylic oxidation sites excluding steroid dienone is 5. The standard InChI is InChI=1S/C18H25NO6.C5H5.Fe/c1-17(2)22-12-11(9-19-15(20)10-7-5-6-8-10)21-16-14(13(12)23-17)24-18(3,4)25-16;1-2-4-5-3-1;/h5-8,11-14,16,19-20H,9H2,1-4H3;1-5H;/q;-1;+2/p-1/t11-,12+,13+,14-,16-;;/m1../s1. The largest absolute Gasteiger partial charge is 2.00 e. The molecule has 0 amide bonds. The molecule has 1 aliphatic carbocycles. The maximum atomic E-state index is 12.2. The number of ether oxygens (including phenoxy) is 5. The first-order valence-electron chi connectivity index (χ1n) is 10.3. The van der Waals surface area contributed by atoms with E-state index in [4.69, 9.17) is 23.7 Å². The molecule has 0 spiro atoms. The molecule has 1 aromatic carbocycles. The summed E-state index contributed by atoms with van der Waals surface area (Å²) in [5.41, 5.74) is 0.621. The topological polar surface area (TPSA) is 81.2 Å². The molecule has 3 aliphatic heterocycles. The van der Waals surface area contributed by atoms with E-state index in [1.807, 2.05) is 70.2 Å². The summed E-state index contributed by atoms with van der Waals surface area (Å²) in [7, 11) is 0. The Bertz CT molecular complexity index is 785. The third-order valence-corrected chi connectivity index (χ3v) is 5.20. The van der Waals surface area contributed by atoms with Crippen molar-refractivity contribution >= 4 is 0 Å². The smallest absolute Gasteiger partial charge is 0.860 e. The van der Waals surface area contributed by atoms with Gasteiger partial charge in [0.2, 0.25) is 0 Å². The molecule has 0 unspecified atom stereocenters. The number of fused-ring (bicyclic) bond motifs is 3. The number of hydrogen-bond donors (Lipinski definition) is 1. The van der Waals surface area contributed by atoms with Gasteiger partial charge in [0.05, 0.1) is 0 Å². The molecule has 4 aliphatic rings. The van der Waals surface area contributed by atoms with Crippen LogP contribution in [0.2, 0.25) is 0 Å². The molecule has 1 N–H and O–H groups in total. The normalized spacial score (nSPS) is 33.7. The summed E-state index contributed by atoms with van der Waals surface area (Å²) in [4.78, 5) is 0. The van der Waals surface area contributed by atoms with E-state index in [0.717, 1.165) is 0 Å². The first kappa shape index (κ1) is 24.1. The van der Waals surface area contributed by atoms with Crippen LogP contribution in [0.15, 0.2) is 66.1 Å². The van der Waals surface area contributed by atoms with Gasteiger partial charge in [-0.3, -0.25) is 0 Å². The Labute approximate surface area is 193 Å². The molecule has 7 nitrogen and oxygen atoms in total. The van der Waals surface area contributed by atoms with Crippen molar-refractivity contribution in [3.05, 3.63) is 66.1 Å². The molecule has 5 atom stereocenters. The first-order valence-corrected chi connectivity index (χ1v) is 10.3. The van der Waals surface area contributed by atoms with Crippen LogP contribution in [-0.4, -0.2) is 48.8 Å². The number of rotatable bonds is 3. The van der Waals surface area contributed by atoms with Gasteiger partial charge in [-0.1, -0.05) is 24.3 Å². The van der Waals surface area contributed by atoms with Crippen LogP contribution in [0.1, 0.15) is 27.7 Å². The fourth-order valence-corrected chi connectivity index (χ4v) is 4.00. The van der Waals surface area contributed by atoms with Crippen molar-refractivity contribution in [3.63, 3.8) is 0 Å². The zero-order chi connectivity index (χ0) is 21.4. The minimum atomic E-state index is -0.747. The first-order chi connectivity index (χ1) is 14.2. The Morgan fingerprint density at radius 1 is 0.935 bits per heavy atom. The van der Waals surface area contributed by atoms with Crippen LogP contribution in [0, 0.1) is 0 Å². The molecular formula is C23H29FeNO6. The van der Waals surface area contributed by atoms with Crippen LogP contribution in [-0.2, 0) is 40.8 Å². The Balaban J connectivity index is 0.000000401. The average Bonchev–Trinajstić information content (AvgIpc) is 3.45. The quantitative estimate of drug-likeness (QED) is 0.411. The van der Waals surface area contributed by atoms with Crippen molar-refractivity contribution in [2.24, 2.45) is 0 Å². The average molecular weight is 471 g/mol. The summed E-state index contributed by atoms with van der Waals surface area (Å²) >= 11 is 0. The van der Waals surface area contributed by atoms with Gasteiger partial charge < -0.3 is 34.1 Å². The fraction of sp³-hybridized carbons (Fsp3) is 0.522. The molecule has 8 heteroatoms. The van der Waals surface area contributed by atoms with E-state index in [2.05, 4.69) is 5.32 Å². The molecule has 3 fully saturated rings. The summed E-state index contributed by atoms with van der Waals surface area (Å²) in [6.07, 6.45) is 5.26. The molecular weight excluding hydrogens is 442 g/mol. The summed E-state index contributed by atoms with van der Waals surface area (Å²) < 4.78 is 29.9. The molecule has 3 heterocycles. The van der Waals surface area contributed by atoms with Gasteiger partial charge in [0.1, 0.15) is 24.4 Å². The van der Waals surface area contributed by atoms with Gasteiger partial charge in [-0.15, -0.1) is 0 Å². The van der Waals surface area contributed by atoms with Crippen LogP contribution in [0.5, 0.6) is 0 Å². The maximum absolute atomic E-state index is 12.2. The summed E-state index contributed by atoms with van der Waals surface area (Å²) in [6.45, 7) is 7.72. The molecule has 1 aromatic rings. The minimum absolute atomic E-state index is 0. The second kappa shape index (κ2) is 9.55. The van der Waals surface area contributed by atoms with Crippen LogP contribution < -0.4 is 10.4 Å². The molecule has 5 rings (SSSR count). The molecule has 170 valence electrons. The predicted molar refractivity (Wildman–Crippen MR) is 108 cm³/mol. The van der Waals surface area contributed by atoms with Gasteiger partial charge in [0.25, 0.3) is 0 Å². The fourth-order valence-electron chi connectivity index (χ4n) is 4.00. The molecule has 3 saturated heterocycles. The maximum Gasteiger partial charge on any atom is 2.00 e. The monoisotopic (exact) mass is 471 g/mol. The summed E-state index contributed by atoms with van der Waals surface area (Å²) in [6, 6.07) is 10.0. The molecule has 0 bridgehead atoms. The van der Waals surface area contributed by atoms with Gasteiger partial charge in [0, 0.05) is 6.54 Å². The summed E-state index contributed by atoms with van der Waals surface area (Å²) in [5, 5.41) is 15.1. The van der Waals surface area contributed by atoms with Crippen molar-refractivity contribution < 1.29 is 45.9 Å². The molecule has 0 radical (unpaired) electrons. The van der Waals surface area contributed by atoms with Crippen molar-refractivity contribution in [2.75, 3.05) is 6.54 Å².